The summed E-state index contributed by atoms with van der Waals surface area (Å²) >= 11 is 0. The van der Waals surface area contributed by atoms with Crippen LogP contribution in [-0.2, 0) is 4.79 Å². The van der Waals surface area contributed by atoms with E-state index in [-0.39, 0.29) is 29.8 Å². The largest absolute Gasteiger partial charge is 0.343 e. The van der Waals surface area contributed by atoms with Crippen LogP contribution in [0, 0.1) is 5.92 Å². The summed E-state index contributed by atoms with van der Waals surface area (Å²) in [6, 6.07) is 0. The molecule has 2 N–H and O–H groups in total. The molecule has 0 aromatic rings. The van der Waals surface area contributed by atoms with E-state index in [1.54, 1.807) is 0 Å². The molecule has 2 atom stereocenters. The van der Waals surface area contributed by atoms with E-state index in [4.69, 9.17) is 5.73 Å². The Morgan fingerprint density at radius 1 is 1.38 bits per heavy atom. The predicted octanol–water partition coefficient (Wildman–Crippen LogP) is 2.18. The number of amides is 1. The zero-order chi connectivity index (χ0) is 11.5. The average molecular weight is 249 g/mol. The summed E-state index contributed by atoms with van der Waals surface area (Å²) in [7, 11) is 0. The van der Waals surface area contributed by atoms with Crippen LogP contribution in [0.4, 0.5) is 0 Å². The normalized spacial score (nSPS) is 29.4. The molecule has 0 aromatic carbocycles. The number of hydrogen-bond acceptors (Lipinski definition) is 2. The highest BCUT2D eigenvalue weighted by Gasteiger charge is 2.39. The van der Waals surface area contributed by atoms with Gasteiger partial charge in [0.25, 0.3) is 0 Å². The van der Waals surface area contributed by atoms with Crippen molar-refractivity contribution in [1.29, 1.82) is 0 Å². The fourth-order valence-corrected chi connectivity index (χ4v) is 2.52. The van der Waals surface area contributed by atoms with Crippen molar-refractivity contribution in [2.45, 2.75) is 52.0 Å². The number of carbonyl (C=O) groups excluding carboxylic acids is 1. The van der Waals surface area contributed by atoms with E-state index in [2.05, 4.69) is 0 Å². The first-order valence-corrected chi connectivity index (χ1v) is 6.10. The lowest BCUT2D eigenvalue weighted by atomic mass is 9.74. The molecule has 1 aliphatic rings. The van der Waals surface area contributed by atoms with Gasteiger partial charge in [-0.1, -0.05) is 12.8 Å². The molecule has 0 radical (unpaired) electrons. The standard InChI is InChI=1S/C12H24N2O.ClH/c1-4-14(5-2)11(15)10-8-6-7-9-12(10,3)13;/h10H,4-9,13H2,1-3H3;1H. The van der Waals surface area contributed by atoms with Crippen LogP contribution in [0.15, 0.2) is 0 Å². The highest BCUT2D eigenvalue weighted by molar-refractivity contribution is 5.85. The maximum atomic E-state index is 12.2. The van der Waals surface area contributed by atoms with E-state index >= 15 is 0 Å². The van der Waals surface area contributed by atoms with Crippen LogP contribution in [0.1, 0.15) is 46.5 Å². The average Bonchev–Trinajstić information content (AvgIpc) is 2.18. The van der Waals surface area contributed by atoms with Crippen LogP contribution < -0.4 is 5.73 Å². The second-order valence-electron chi connectivity index (χ2n) is 4.81. The van der Waals surface area contributed by atoms with E-state index in [9.17, 15) is 4.79 Å². The van der Waals surface area contributed by atoms with Crippen LogP contribution in [0.25, 0.3) is 0 Å². The van der Waals surface area contributed by atoms with E-state index in [1.807, 2.05) is 25.7 Å². The first-order chi connectivity index (χ1) is 7.03. The molecule has 2 unspecified atom stereocenters. The van der Waals surface area contributed by atoms with Crippen molar-refractivity contribution in [3.63, 3.8) is 0 Å². The Morgan fingerprint density at radius 3 is 2.38 bits per heavy atom. The number of rotatable bonds is 3. The molecule has 1 rings (SSSR count). The maximum Gasteiger partial charge on any atom is 0.227 e. The predicted molar refractivity (Wildman–Crippen MR) is 69.7 cm³/mol. The monoisotopic (exact) mass is 248 g/mol. The second kappa shape index (κ2) is 6.45. The molecule has 0 bridgehead atoms. The summed E-state index contributed by atoms with van der Waals surface area (Å²) < 4.78 is 0. The molecule has 0 saturated heterocycles. The Balaban J connectivity index is 0.00000225. The second-order valence-corrected chi connectivity index (χ2v) is 4.81. The molecule has 0 spiro atoms. The van der Waals surface area contributed by atoms with Crippen LogP contribution >= 0.6 is 12.4 Å². The Hall–Kier alpha value is -0.280. The first kappa shape index (κ1) is 15.7. The fourth-order valence-electron chi connectivity index (χ4n) is 2.52. The minimum atomic E-state index is -0.294. The minimum Gasteiger partial charge on any atom is -0.343 e. The van der Waals surface area contributed by atoms with Crippen LogP contribution in [-0.4, -0.2) is 29.4 Å². The lowest BCUT2D eigenvalue weighted by molar-refractivity contribution is -0.138. The Bertz CT molecular complexity index is 227. The van der Waals surface area contributed by atoms with Crippen molar-refractivity contribution in [2.75, 3.05) is 13.1 Å². The van der Waals surface area contributed by atoms with Crippen LogP contribution in [0.5, 0.6) is 0 Å². The van der Waals surface area contributed by atoms with Crippen molar-refractivity contribution in [1.82, 2.24) is 4.90 Å². The Labute approximate surface area is 105 Å². The Kier molecular flexibility index (Phi) is 6.34. The number of nitrogens with zero attached hydrogens (tertiary/aromatic N) is 1. The molecular weight excluding hydrogens is 224 g/mol. The number of nitrogens with two attached hydrogens (primary N) is 1. The van der Waals surface area contributed by atoms with E-state index < -0.39 is 0 Å². The summed E-state index contributed by atoms with van der Waals surface area (Å²) in [6.45, 7) is 7.66. The zero-order valence-electron chi connectivity index (χ0n) is 10.7. The fraction of sp³-hybridized carbons (Fsp3) is 0.917. The van der Waals surface area contributed by atoms with Gasteiger partial charge in [-0.15, -0.1) is 12.4 Å². The SMILES string of the molecule is CCN(CC)C(=O)C1CCCCC1(C)N.Cl. The van der Waals surface area contributed by atoms with Gasteiger partial charge in [-0.2, -0.15) is 0 Å². The number of hydrogen-bond donors (Lipinski definition) is 1. The molecule has 0 aliphatic heterocycles. The van der Waals surface area contributed by atoms with Gasteiger partial charge in [0, 0.05) is 18.6 Å². The van der Waals surface area contributed by atoms with Gasteiger partial charge in [-0.25, -0.2) is 0 Å². The third-order valence-corrected chi connectivity index (χ3v) is 3.63. The van der Waals surface area contributed by atoms with Gasteiger partial charge >= 0.3 is 0 Å². The molecule has 96 valence electrons. The molecule has 1 fully saturated rings. The van der Waals surface area contributed by atoms with Gasteiger partial charge in [0.05, 0.1) is 5.92 Å². The smallest absolute Gasteiger partial charge is 0.227 e. The Morgan fingerprint density at radius 2 is 1.94 bits per heavy atom. The van der Waals surface area contributed by atoms with Gasteiger partial charge in [0.1, 0.15) is 0 Å². The molecule has 0 aromatic heterocycles. The maximum absolute atomic E-state index is 12.2. The van der Waals surface area contributed by atoms with Gasteiger partial charge in [-0.05, 0) is 33.6 Å². The van der Waals surface area contributed by atoms with Gasteiger partial charge < -0.3 is 10.6 Å². The highest BCUT2D eigenvalue weighted by atomic mass is 35.5. The van der Waals surface area contributed by atoms with Gasteiger partial charge in [0.2, 0.25) is 5.91 Å². The highest BCUT2D eigenvalue weighted by Crippen LogP contribution is 2.32. The van der Waals surface area contributed by atoms with Gasteiger partial charge in [-0.3, -0.25) is 4.79 Å². The number of carbonyl (C=O) groups is 1. The van der Waals surface area contributed by atoms with Crippen LogP contribution in [0.2, 0.25) is 0 Å². The van der Waals surface area contributed by atoms with Crippen molar-refractivity contribution in [3.8, 4) is 0 Å². The summed E-state index contributed by atoms with van der Waals surface area (Å²) in [6.07, 6.45) is 4.24. The summed E-state index contributed by atoms with van der Waals surface area (Å²) in [4.78, 5) is 14.1. The first-order valence-electron chi connectivity index (χ1n) is 6.10. The molecule has 4 heteroatoms. The molecule has 1 aliphatic carbocycles. The third kappa shape index (κ3) is 3.36. The molecule has 1 amide bonds. The van der Waals surface area contributed by atoms with Crippen LogP contribution in [0.3, 0.4) is 0 Å². The van der Waals surface area contributed by atoms with E-state index in [1.165, 1.54) is 0 Å². The lowest BCUT2D eigenvalue weighted by Gasteiger charge is -2.39. The van der Waals surface area contributed by atoms with Crippen molar-refractivity contribution >= 4 is 18.3 Å². The molecular formula is C12H25ClN2O. The third-order valence-electron chi connectivity index (χ3n) is 3.63. The molecule has 0 heterocycles. The number of halogens is 1. The minimum absolute atomic E-state index is 0. The quantitative estimate of drug-likeness (QED) is 0.832. The summed E-state index contributed by atoms with van der Waals surface area (Å²) in [5, 5.41) is 0. The summed E-state index contributed by atoms with van der Waals surface area (Å²) in [5.74, 6) is 0.288. The lowest BCUT2D eigenvalue weighted by Crippen LogP contribution is -2.53. The zero-order valence-corrected chi connectivity index (χ0v) is 11.5. The molecule has 1 saturated carbocycles. The van der Waals surface area contributed by atoms with Crippen molar-refractivity contribution in [2.24, 2.45) is 11.7 Å². The van der Waals surface area contributed by atoms with Gasteiger partial charge in [0.15, 0.2) is 0 Å². The van der Waals surface area contributed by atoms with Crippen molar-refractivity contribution in [3.05, 3.63) is 0 Å². The van der Waals surface area contributed by atoms with E-state index in [0.717, 1.165) is 38.8 Å². The topological polar surface area (TPSA) is 46.3 Å². The van der Waals surface area contributed by atoms with E-state index in [0.29, 0.717) is 0 Å². The molecule has 16 heavy (non-hydrogen) atoms. The van der Waals surface area contributed by atoms with Crippen molar-refractivity contribution < 1.29 is 4.79 Å². The summed E-state index contributed by atoms with van der Waals surface area (Å²) in [5.41, 5.74) is 5.93. The molecule has 3 nitrogen and oxygen atoms in total.